The van der Waals surface area contributed by atoms with Gasteiger partial charge in [-0.1, -0.05) is 17.7 Å². The van der Waals surface area contributed by atoms with E-state index in [2.05, 4.69) is 20.6 Å². The van der Waals surface area contributed by atoms with Gasteiger partial charge in [-0.25, -0.2) is 9.98 Å². The molecule has 3 aromatic rings. The van der Waals surface area contributed by atoms with Gasteiger partial charge in [0.05, 0.1) is 13.1 Å². The molecule has 0 bridgehead atoms. The lowest BCUT2D eigenvalue weighted by molar-refractivity contribution is 0.0378. The van der Waals surface area contributed by atoms with Crippen molar-refractivity contribution in [3.8, 4) is 11.5 Å². The molecule has 7 nitrogen and oxygen atoms in total. The Morgan fingerprint density at radius 1 is 1.13 bits per heavy atom. The fourth-order valence-electron chi connectivity index (χ4n) is 2.78. The van der Waals surface area contributed by atoms with Crippen molar-refractivity contribution in [2.45, 2.75) is 39.8 Å². The number of nitrogens with one attached hydrogen (secondary N) is 2. The molecule has 2 aromatic heterocycles. The number of aliphatic imine (C=N–C) groups is 1. The van der Waals surface area contributed by atoms with Crippen LogP contribution >= 0.6 is 24.0 Å². The highest BCUT2D eigenvalue weighted by atomic mass is 127. The molecule has 3 N–H and O–H groups in total. The van der Waals surface area contributed by atoms with Gasteiger partial charge in [0.2, 0.25) is 5.89 Å². The van der Waals surface area contributed by atoms with E-state index >= 15 is 0 Å². The molecule has 30 heavy (non-hydrogen) atoms. The zero-order chi connectivity index (χ0) is 20.9. The van der Waals surface area contributed by atoms with Crippen LogP contribution in [0, 0.1) is 13.8 Å². The largest absolute Gasteiger partial charge is 0.463 e. The van der Waals surface area contributed by atoms with Crippen LogP contribution in [0.4, 0.5) is 0 Å². The van der Waals surface area contributed by atoms with Crippen LogP contribution in [0.15, 0.2) is 56.5 Å². The Kier molecular flexibility index (Phi) is 8.48. The van der Waals surface area contributed by atoms with Gasteiger partial charge in [0, 0.05) is 12.1 Å². The van der Waals surface area contributed by atoms with Crippen LogP contribution in [0.3, 0.4) is 0 Å². The monoisotopic (exact) mass is 524 g/mol. The van der Waals surface area contributed by atoms with Crippen molar-refractivity contribution in [1.82, 2.24) is 15.6 Å². The SMILES string of the molecule is CCNC(=NCc1coc(-c2ccc(C)cc2)n1)NCC(C)(O)c1ccc(C)o1.I. The number of oxazole rings is 1. The van der Waals surface area contributed by atoms with Crippen molar-refractivity contribution < 1.29 is 13.9 Å². The lowest BCUT2D eigenvalue weighted by atomic mass is 10.0. The molecule has 0 aliphatic heterocycles. The van der Waals surface area contributed by atoms with Gasteiger partial charge >= 0.3 is 0 Å². The van der Waals surface area contributed by atoms with E-state index < -0.39 is 5.60 Å². The number of benzene rings is 1. The highest BCUT2D eigenvalue weighted by Crippen LogP contribution is 2.22. The van der Waals surface area contributed by atoms with E-state index in [9.17, 15) is 5.11 Å². The Bertz CT molecular complexity index is 961. The minimum absolute atomic E-state index is 0. The second-order valence-electron chi connectivity index (χ2n) is 7.24. The van der Waals surface area contributed by atoms with Crippen LogP contribution in [0.1, 0.15) is 36.6 Å². The Labute approximate surface area is 194 Å². The molecule has 0 fully saturated rings. The second kappa shape index (κ2) is 10.6. The summed E-state index contributed by atoms with van der Waals surface area (Å²) in [6.07, 6.45) is 1.62. The smallest absolute Gasteiger partial charge is 0.226 e. The zero-order valence-corrected chi connectivity index (χ0v) is 20.1. The van der Waals surface area contributed by atoms with Crippen molar-refractivity contribution in [2.24, 2.45) is 4.99 Å². The normalized spacial score (nSPS) is 13.4. The number of rotatable bonds is 7. The average molecular weight is 524 g/mol. The third kappa shape index (κ3) is 6.33. The quantitative estimate of drug-likeness (QED) is 0.245. The van der Waals surface area contributed by atoms with E-state index in [0.29, 0.717) is 30.7 Å². The zero-order valence-electron chi connectivity index (χ0n) is 17.7. The summed E-state index contributed by atoms with van der Waals surface area (Å²) in [4.78, 5) is 9.04. The van der Waals surface area contributed by atoms with E-state index in [1.807, 2.05) is 51.1 Å². The van der Waals surface area contributed by atoms with E-state index in [0.717, 1.165) is 17.0 Å². The van der Waals surface area contributed by atoms with Gasteiger partial charge in [0.1, 0.15) is 29.1 Å². The molecule has 0 aliphatic carbocycles. The summed E-state index contributed by atoms with van der Waals surface area (Å²) < 4.78 is 11.1. The Morgan fingerprint density at radius 2 is 1.87 bits per heavy atom. The van der Waals surface area contributed by atoms with Gasteiger partial charge in [-0.3, -0.25) is 0 Å². The van der Waals surface area contributed by atoms with Gasteiger partial charge in [0.15, 0.2) is 5.96 Å². The van der Waals surface area contributed by atoms with Crippen molar-refractivity contribution in [3.63, 3.8) is 0 Å². The van der Waals surface area contributed by atoms with Crippen molar-refractivity contribution in [1.29, 1.82) is 0 Å². The number of nitrogens with zero attached hydrogens (tertiary/aromatic N) is 2. The predicted molar refractivity (Wildman–Crippen MR) is 128 cm³/mol. The Balaban J connectivity index is 0.00000320. The fraction of sp³-hybridized carbons (Fsp3) is 0.364. The molecular formula is C22H29IN4O3. The number of hydrogen-bond acceptors (Lipinski definition) is 5. The number of furan rings is 1. The van der Waals surface area contributed by atoms with Crippen molar-refractivity contribution in [2.75, 3.05) is 13.1 Å². The molecule has 1 atom stereocenters. The first kappa shape index (κ1) is 23.9. The molecule has 1 aromatic carbocycles. The molecule has 8 heteroatoms. The number of guanidine groups is 1. The van der Waals surface area contributed by atoms with E-state index in [1.165, 1.54) is 5.56 Å². The Hall–Kier alpha value is -2.33. The highest BCUT2D eigenvalue weighted by Gasteiger charge is 2.27. The summed E-state index contributed by atoms with van der Waals surface area (Å²) >= 11 is 0. The molecule has 3 rings (SSSR count). The maximum atomic E-state index is 10.7. The third-order valence-corrected chi connectivity index (χ3v) is 4.46. The summed E-state index contributed by atoms with van der Waals surface area (Å²) in [6.45, 7) is 8.87. The van der Waals surface area contributed by atoms with Gasteiger partial charge in [-0.15, -0.1) is 24.0 Å². The lowest BCUT2D eigenvalue weighted by Gasteiger charge is -2.22. The van der Waals surface area contributed by atoms with E-state index in [-0.39, 0.29) is 30.5 Å². The van der Waals surface area contributed by atoms with Crippen LogP contribution in [-0.2, 0) is 12.1 Å². The third-order valence-electron chi connectivity index (χ3n) is 4.46. The molecule has 0 saturated carbocycles. The van der Waals surface area contributed by atoms with Crippen LogP contribution in [0.2, 0.25) is 0 Å². The van der Waals surface area contributed by atoms with Gasteiger partial charge in [-0.05, 0) is 52.0 Å². The minimum atomic E-state index is -1.16. The molecule has 0 spiro atoms. The molecule has 0 saturated heterocycles. The number of aryl methyl sites for hydroxylation is 2. The average Bonchev–Trinajstić information content (AvgIpc) is 3.34. The van der Waals surface area contributed by atoms with Crippen LogP contribution in [-0.4, -0.2) is 29.1 Å². The lowest BCUT2D eigenvalue weighted by Crippen LogP contribution is -2.44. The van der Waals surface area contributed by atoms with Crippen molar-refractivity contribution in [3.05, 3.63) is 65.4 Å². The first-order valence-corrected chi connectivity index (χ1v) is 9.70. The fourth-order valence-corrected chi connectivity index (χ4v) is 2.78. The van der Waals surface area contributed by atoms with Crippen LogP contribution in [0.5, 0.6) is 0 Å². The molecule has 0 aliphatic rings. The van der Waals surface area contributed by atoms with E-state index in [1.54, 1.807) is 19.3 Å². The standard InChI is InChI=1S/C22H28N4O3.HI/c1-5-23-21(25-14-22(4,27)19-11-8-16(3)29-19)24-12-18-13-28-20(26-18)17-9-6-15(2)7-10-17;/h6-11,13,27H,5,12,14H2,1-4H3,(H2,23,24,25);1H. The van der Waals surface area contributed by atoms with E-state index in [4.69, 9.17) is 8.83 Å². The maximum absolute atomic E-state index is 10.7. The summed E-state index contributed by atoms with van der Waals surface area (Å²) in [6, 6.07) is 11.6. The second-order valence-corrected chi connectivity index (χ2v) is 7.24. The number of aromatic nitrogens is 1. The van der Waals surface area contributed by atoms with Gasteiger partial charge in [0.25, 0.3) is 0 Å². The predicted octanol–water partition coefficient (Wildman–Crippen LogP) is 4.13. The van der Waals surface area contributed by atoms with Crippen LogP contribution < -0.4 is 10.6 Å². The Morgan fingerprint density at radius 3 is 2.50 bits per heavy atom. The minimum Gasteiger partial charge on any atom is -0.463 e. The maximum Gasteiger partial charge on any atom is 0.226 e. The van der Waals surface area contributed by atoms with Crippen LogP contribution in [0.25, 0.3) is 11.5 Å². The highest BCUT2D eigenvalue weighted by molar-refractivity contribution is 14.0. The summed E-state index contributed by atoms with van der Waals surface area (Å²) in [5.74, 6) is 2.43. The summed E-state index contributed by atoms with van der Waals surface area (Å²) in [7, 11) is 0. The summed E-state index contributed by atoms with van der Waals surface area (Å²) in [5, 5.41) is 17.0. The molecule has 0 radical (unpaired) electrons. The molecule has 1 unspecified atom stereocenters. The van der Waals surface area contributed by atoms with Gasteiger partial charge < -0.3 is 24.6 Å². The number of hydrogen-bond donors (Lipinski definition) is 3. The molecule has 162 valence electrons. The molecule has 0 amide bonds. The summed E-state index contributed by atoms with van der Waals surface area (Å²) in [5.41, 5.74) is 1.69. The van der Waals surface area contributed by atoms with Gasteiger partial charge in [-0.2, -0.15) is 0 Å². The number of halogens is 1. The first-order chi connectivity index (χ1) is 13.9. The number of aliphatic hydroxyl groups is 1. The topological polar surface area (TPSA) is 95.8 Å². The van der Waals surface area contributed by atoms with Crippen molar-refractivity contribution >= 4 is 29.9 Å². The molecular weight excluding hydrogens is 495 g/mol. The first-order valence-electron chi connectivity index (χ1n) is 9.70. The molecule has 2 heterocycles.